The smallest absolute Gasteiger partial charge is 0.240 e. The van der Waals surface area contributed by atoms with Crippen molar-refractivity contribution in [2.24, 2.45) is 5.92 Å². The van der Waals surface area contributed by atoms with Gasteiger partial charge in [-0.15, -0.1) is 0 Å². The number of rotatable bonds is 6. The minimum absolute atomic E-state index is 0.0354. The largest absolute Gasteiger partial charge is 0.451 e. The van der Waals surface area contributed by atoms with Gasteiger partial charge < -0.3 is 9.32 Å². The van der Waals surface area contributed by atoms with Crippen LogP contribution in [-0.2, 0) is 14.8 Å². The molecule has 1 saturated carbocycles. The molecule has 0 radical (unpaired) electrons. The average Bonchev–Trinajstić information content (AvgIpc) is 3.57. The summed E-state index contributed by atoms with van der Waals surface area (Å²) in [7, 11) is -3.63. The maximum atomic E-state index is 13.3. The molecule has 1 N–H and O–H groups in total. The van der Waals surface area contributed by atoms with E-state index in [0.29, 0.717) is 31.4 Å². The van der Waals surface area contributed by atoms with E-state index in [9.17, 15) is 13.2 Å². The third kappa shape index (κ3) is 4.79. The van der Waals surface area contributed by atoms with Crippen LogP contribution in [0, 0.1) is 5.92 Å². The zero-order valence-electron chi connectivity index (χ0n) is 19.0. The Bertz CT molecular complexity index is 1200. The zero-order valence-corrected chi connectivity index (χ0v) is 19.8. The highest BCUT2D eigenvalue weighted by Crippen LogP contribution is 2.36. The van der Waals surface area contributed by atoms with Crippen LogP contribution in [0.2, 0.25) is 0 Å². The number of aromatic nitrogens is 1. The lowest BCUT2D eigenvalue weighted by atomic mass is 9.85. The third-order valence-corrected chi connectivity index (χ3v) is 8.55. The standard InChI is InChI=1S/C26H29N3O4S/c30-26(29-16-4-7-25(29)20-5-2-1-3-6-20)21-8-12-22(13-9-21)28-34(31,32)23-14-10-19(11-15-23)24-17-33-18-27-24/h1-3,5-6,10-11,14-15,17-18,21-22,25,28H,4,7-9,12-13,16H2/t21-,22-,25-/m1/s1. The van der Waals surface area contributed by atoms with E-state index in [1.165, 1.54) is 18.2 Å². The number of benzene rings is 2. The van der Waals surface area contributed by atoms with Crippen molar-refractivity contribution >= 4 is 15.9 Å². The van der Waals surface area contributed by atoms with Crippen molar-refractivity contribution in [1.82, 2.24) is 14.6 Å². The normalized spacial score (nSPS) is 23.2. The second kappa shape index (κ2) is 9.72. The summed E-state index contributed by atoms with van der Waals surface area (Å²) in [6.45, 7) is 0.801. The van der Waals surface area contributed by atoms with E-state index >= 15 is 0 Å². The fourth-order valence-corrected chi connectivity index (χ4v) is 6.50. The highest BCUT2D eigenvalue weighted by atomic mass is 32.2. The lowest BCUT2D eigenvalue weighted by molar-refractivity contribution is -0.137. The van der Waals surface area contributed by atoms with Gasteiger partial charge in [-0.05, 0) is 56.2 Å². The molecule has 7 nitrogen and oxygen atoms in total. The average molecular weight is 480 g/mol. The number of amides is 1. The maximum Gasteiger partial charge on any atom is 0.240 e. The number of likely N-dealkylation sites (tertiary alicyclic amines) is 1. The highest BCUT2D eigenvalue weighted by molar-refractivity contribution is 7.89. The van der Waals surface area contributed by atoms with Crippen LogP contribution in [0.1, 0.15) is 50.1 Å². The topological polar surface area (TPSA) is 92.5 Å². The summed E-state index contributed by atoms with van der Waals surface area (Å²) < 4.78 is 33.6. The number of oxazole rings is 1. The molecule has 3 aromatic rings. The zero-order chi connectivity index (χ0) is 23.5. The molecule has 5 rings (SSSR count). The number of hydrogen-bond acceptors (Lipinski definition) is 5. The lowest BCUT2D eigenvalue weighted by Gasteiger charge is -2.33. The Labute approximate surface area is 200 Å². The summed E-state index contributed by atoms with van der Waals surface area (Å²) in [5, 5.41) is 0. The first-order chi connectivity index (χ1) is 16.5. The Hall–Kier alpha value is -2.97. The van der Waals surface area contributed by atoms with E-state index in [2.05, 4.69) is 21.8 Å². The van der Waals surface area contributed by atoms with Gasteiger partial charge in [0.1, 0.15) is 12.0 Å². The van der Waals surface area contributed by atoms with Crippen LogP contribution in [0.15, 0.2) is 76.6 Å². The Kier molecular flexibility index (Phi) is 6.52. The van der Waals surface area contributed by atoms with Crippen molar-refractivity contribution < 1.29 is 17.6 Å². The van der Waals surface area contributed by atoms with Crippen LogP contribution in [0.3, 0.4) is 0 Å². The van der Waals surface area contributed by atoms with Gasteiger partial charge in [-0.1, -0.05) is 42.5 Å². The molecule has 0 unspecified atom stereocenters. The number of sulfonamides is 1. The third-order valence-electron chi connectivity index (χ3n) is 7.01. The molecular formula is C26H29N3O4S. The van der Waals surface area contributed by atoms with Crippen molar-refractivity contribution in [3.8, 4) is 11.3 Å². The molecule has 1 atom stereocenters. The summed E-state index contributed by atoms with van der Waals surface area (Å²) in [6, 6.07) is 16.8. The van der Waals surface area contributed by atoms with Crippen molar-refractivity contribution in [2.75, 3.05) is 6.54 Å². The first kappa shape index (κ1) is 22.8. The summed E-state index contributed by atoms with van der Waals surface area (Å²) in [5.74, 6) is 0.183. The first-order valence-corrected chi connectivity index (χ1v) is 13.4. The van der Waals surface area contributed by atoms with Crippen LogP contribution in [0.4, 0.5) is 0 Å². The highest BCUT2D eigenvalue weighted by Gasteiger charge is 2.36. The summed E-state index contributed by atoms with van der Waals surface area (Å²) in [5.41, 5.74) is 2.65. The van der Waals surface area contributed by atoms with Gasteiger partial charge in [-0.2, -0.15) is 0 Å². The van der Waals surface area contributed by atoms with E-state index < -0.39 is 10.0 Å². The van der Waals surface area contributed by atoms with E-state index in [1.54, 1.807) is 24.3 Å². The van der Waals surface area contributed by atoms with Crippen LogP contribution in [-0.4, -0.2) is 36.8 Å². The van der Waals surface area contributed by atoms with Gasteiger partial charge in [0.05, 0.1) is 10.9 Å². The Morgan fingerprint density at radius 3 is 2.38 bits per heavy atom. The van der Waals surface area contributed by atoms with E-state index in [4.69, 9.17) is 4.42 Å². The SMILES string of the molecule is O=C([C@H]1CC[C@H](NS(=O)(=O)c2ccc(-c3cocn3)cc2)CC1)N1CCC[C@@H]1c1ccccc1. The molecule has 2 heterocycles. The van der Waals surface area contributed by atoms with Gasteiger partial charge in [0, 0.05) is 24.1 Å². The molecule has 1 saturated heterocycles. The number of carbonyl (C=O) groups is 1. The first-order valence-electron chi connectivity index (χ1n) is 11.9. The van der Waals surface area contributed by atoms with E-state index in [-0.39, 0.29) is 28.8 Å². The predicted octanol–water partition coefficient (Wildman–Crippen LogP) is 4.54. The fourth-order valence-electron chi connectivity index (χ4n) is 5.19. The van der Waals surface area contributed by atoms with Gasteiger partial charge in [-0.25, -0.2) is 18.1 Å². The van der Waals surface area contributed by atoms with Crippen molar-refractivity contribution in [2.45, 2.75) is 55.5 Å². The van der Waals surface area contributed by atoms with Crippen LogP contribution in [0.5, 0.6) is 0 Å². The molecule has 0 spiro atoms. The van der Waals surface area contributed by atoms with E-state index in [0.717, 1.165) is 24.9 Å². The van der Waals surface area contributed by atoms with Crippen molar-refractivity contribution in [3.05, 3.63) is 72.8 Å². The van der Waals surface area contributed by atoms with Crippen LogP contribution < -0.4 is 4.72 Å². The van der Waals surface area contributed by atoms with Gasteiger partial charge in [0.25, 0.3) is 0 Å². The van der Waals surface area contributed by atoms with Crippen molar-refractivity contribution in [3.63, 3.8) is 0 Å². The van der Waals surface area contributed by atoms with Crippen LogP contribution in [0.25, 0.3) is 11.3 Å². The quantitative estimate of drug-likeness (QED) is 0.560. The minimum Gasteiger partial charge on any atom is -0.451 e. The van der Waals surface area contributed by atoms with Gasteiger partial charge in [0.2, 0.25) is 15.9 Å². The minimum atomic E-state index is -3.63. The molecule has 1 aliphatic heterocycles. The Balaban J connectivity index is 1.18. The number of nitrogens with one attached hydrogen (secondary N) is 1. The second-order valence-electron chi connectivity index (χ2n) is 9.17. The molecule has 1 amide bonds. The van der Waals surface area contributed by atoms with Gasteiger partial charge in [0.15, 0.2) is 6.39 Å². The van der Waals surface area contributed by atoms with Gasteiger partial charge in [-0.3, -0.25) is 4.79 Å². The molecular weight excluding hydrogens is 450 g/mol. The summed E-state index contributed by atoms with van der Waals surface area (Å²) >= 11 is 0. The summed E-state index contributed by atoms with van der Waals surface area (Å²) in [6.07, 6.45) is 7.62. The Morgan fingerprint density at radius 2 is 1.71 bits per heavy atom. The molecule has 0 bridgehead atoms. The summed E-state index contributed by atoms with van der Waals surface area (Å²) in [4.78, 5) is 19.6. The molecule has 2 aromatic carbocycles. The predicted molar refractivity (Wildman–Crippen MR) is 128 cm³/mol. The van der Waals surface area contributed by atoms with Gasteiger partial charge >= 0.3 is 0 Å². The fraction of sp³-hybridized carbons (Fsp3) is 0.385. The Morgan fingerprint density at radius 1 is 0.971 bits per heavy atom. The maximum absolute atomic E-state index is 13.3. The molecule has 178 valence electrons. The number of nitrogens with zero attached hydrogens (tertiary/aromatic N) is 2. The van der Waals surface area contributed by atoms with Crippen LogP contribution >= 0.6 is 0 Å². The number of carbonyl (C=O) groups excluding carboxylic acids is 1. The molecule has 2 aliphatic rings. The molecule has 34 heavy (non-hydrogen) atoms. The molecule has 8 heteroatoms. The van der Waals surface area contributed by atoms with Crippen molar-refractivity contribution in [1.29, 1.82) is 0 Å². The molecule has 2 fully saturated rings. The monoisotopic (exact) mass is 479 g/mol. The lowest BCUT2D eigenvalue weighted by Crippen LogP contribution is -2.42. The van der Waals surface area contributed by atoms with E-state index in [1.807, 2.05) is 23.1 Å². The molecule has 1 aliphatic carbocycles. The number of hydrogen-bond donors (Lipinski definition) is 1. The molecule has 1 aromatic heterocycles. The second-order valence-corrected chi connectivity index (χ2v) is 10.9.